The zero-order valence-corrected chi connectivity index (χ0v) is 14.8. The molecule has 0 heterocycles. The Bertz CT molecular complexity index is 222. The first kappa shape index (κ1) is 20.5. The van der Waals surface area contributed by atoms with Crippen molar-refractivity contribution in [3.05, 3.63) is 0 Å². The van der Waals surface area contributed by atoms with Crippen LogP contribution in [0.1, 0.15) is 111 Å². The Balaban J connectivity index is 3.23. The summed E-state index contributed by atoms with van der Waals surface area (Å²) < 4.78 is 5.40. The molecule has 0 saturated heterocycles. The van der Waals surface area contributed by atoms with E-state index in [0.717, 1.165) is 19.3 Å². The smallest absolute Gasteiger partial charge is 0.306 e. The molecule has 0 atom stereocenters. The number of esters is 1. The molecule has 0 unspecified atom stereocenters. The molecular formula is C19H38O2. The van der Waals surface area contributed by atoms with E-state index in [2.05, 4.69) is 20.8 Å². The highest BCUT2D eigenvalue weighted by molar-refractivity contribution is 5.69. The lowest BCUT2D eigenvalue weighted by atomic mass is 10.1. The van der Waals surface area contributed by atoms with Crippen LogP contribution >= 0.6 is 0 Å². The normalized spacial score (nSPS) is 11.0. The minimum atomic E-state index is -0.000348. The first-order valence-electron chi connectivity index (χ1n) is 9.44. The number of ether oxygens (including phenoxy) is 1. The molecule has 2 nitrogen and oxygen atoms in total. The van der Waals surface area contributed by atoms with Crippen LogP contribution in [0.5, 0.6) is 0 Å². The van der Waals surface area contributed by atoms with Crippen molar-refractivity contribution < 1.29 is 9.53 Å². The summed E-state index contributed by atoms with van der Waals surface area (Å²) in [5.74, 6) is -0.000348. The van der Waals surface area contributed by atoms with Gasteiger partial charge in [0.2, 0.25) is 0 Å². The van der Waals surface area contributed by atoms with Gasteiger partial charge in [0.1, 0.15) is 6.10 Å². The highest BCUT2D eigenvalue weighted by Crippen LogP contribution is 2.12. The van der Waals surface area contributed by atoms with E-state index in [-0.39, 0.29) is 12.1 Å². The summed E-state index contributed by atoms with van der Waals surface area (Å²) in [6.07, 6.45) is 17.1. The van der Waals surface area contributed by atoms with Crippen LogP contribution in [0.2, 0.25) is 0 Å². The van der Waals surface area contributed by atoms with Crippen molar-refractivity contribution in [3.63, 3.8) is 0 Å². The molecule has 21 heavy (non-hydrogen) atoms. The van der Waals surface area contributed by atoms with Crippen molar-refractivity contribution in [2.75, 3.05) is 0 Å². The standard InChI is InChI=1S/C19H38O2/c1-4-7-8-9-10-11-12-13-14-15-16-17-19(20)21-18(5-2)6-3/h18H,4-17H2,1-3H3. The number of unbranched alkanes of at least 4 members (excludes halogenated alkanes) is 10. The molecule has 0 aliphatic rings. The Kier molecular flexibility index (Phi) is 15.5. The van der Waals surface area contributed by atoms with Crippen molar-refractivity contribution in [2.45, 2.75) is 117 Å². The summed E-state index contributed by atoms with van der Waals surface area (Å²) in [7, 11) is 0. The van der Waals surface area contributed by atoms with E-state index in [4.69, 9.17) is 4.74 Å². The maximum absolute atomic E-state index is 11.6. The molecule has 0 aliphatic heterocycles. The van der Waals surface area contributed by atoms with Crippen molar-refractivity contribution in [2.24, 2.45) is 0 Å². The van der Waals surface area contributed by atoms with Gasteiger partial charge in [-0.15, -0.1) is 0 Å². The fraction of sp³-hybridized carbons (Fsp3) is 0.947. The van der Waals surface area contributed by atoms with Crippen LogP contribution in [-0.4, -0.2) is 12.1 Å². The van der Waals surface area contributed by atoms with E-state index in [1.165, 1.54) is 64.2 Å². The van der Waals surface area contributed by atoms with Gasteiger partial charge in [0.25, 0.3) is 0 Å². The van der Waals surface area contributed by atoms with Gasteiger partial charge in [-0.05, 0) is 19.3 Å². The maximum atomic E-state index is 11.6. The highest BCUT2D eigenvalue weighted by Gasteiger charge is 2.09. The summed E-state index contributed by atoms with van der Waals surface area (Å²) >= 11 is 0. The molecule has 0 fully saturated rings. The molecule has 0 aliphatic carbocycles. The molecule has 0 aromatic heterocycles. The lowest BCUT2D eigenvalue weighted by Crippen LogP contribution is -2.16. The number of hydrogen-bond donors (Lipinski definition) is 0. The third-order valence-corrected chi connectivity index (χ3v) is 4.19. The zero-order chi connectivity index (χ0) is 15.8. The average molecular weight is 299 g/mol. The molecule has 0 rings (SSSR count). The summed E-state index contributed by atoms with van der Waals surface area (Å²) in [5.41, 5.74) is 0. The quantitative estimate of drug-likeness (QED) is 0.257. The third-order valence-electron chi connectivity index (χ3n) is 4.19. The average Bonchev–Trinajstić information content (AvgIpc) is 2.50. The first-order valence-corrected chi connectivity index (χ1v) is 9.44. The van der Waals surface area contributed by atoms with Crippen LogP contribution in [0.25, 0.3) is 0 Å². The van der Waals surface area contributed by atoms with Gasteiger partial charge in [-0.1, -0.05) is 85.0 Å². The SMILES string of the molecule is CCCCCCCCCCCCCC(=O)OC(CC)CC. The summed E-state index contributed by atoms with van der Waals surface area (Å²) in [4.78, 5) is 11.6. The van der Waals surface area contributed by atoms with Crippen LogP contribution in [-0.2, 0) is 9.53 Å². The first-order chi connectivity index (χ1) is 10.2. The molecule has 0 bridgehead atoms. The number of carbonyl (C=O) groups is 1. The Morgan fingerprint density at radius 3 is 1.57 bits per heavy atom. The molecule has 0 radical (unpaired) electrons. The van der Waals surface area contributed by atoms with Crippen molar-refractivity contribution in [1.82, 2.24) is 0 Å². The maximum Gasteiger partial charge on any atom is 0.306 e. The molecule has 0 saturated carbocycles. The van der Waals surface area contributed by atoms with Crippen LogP contribution in [0.4, 0.5) is 0 Å². The summed E-state index contributed by atoms with van der Waals surface area (Å²) in [5, 5.41) is 0. The van der Waals surface area contributed by atoms with Crippen LogP contribution < -0.4 is 0 Å². The van der Waals surface area contributed by atoms with Gasteiger partial charge < -0.3 is 4.74 Å². The molecule has 0 amide bonds. The minimum absolute atomic E-state index is 0.000348. The predicted molar refractivity (Wildman–Crippen MR) is 91.5 cm³/mol. The Labute approximate surface area is 133 Å². The van der Waals surface area contributed by atoms with E-state index >= 15 is 0 Å². The van der Waals surface area contributed by atoms with Gasteiger partial charge in [-0.25, -0.2) is 0 Å². The van der Waals surface area contributed by atoms with Gasteiger partial charge in [0, 0.05) is 6.42 Å². The van der Waals surface area contributed by atoms with E-state index in [0.29, 0.717) is 6.42 Å². The topological polar surface area (TPSA) is 26.3 Å². The lowest BCUT2D eigenvalue weighted by Gasteiger charge is -2.13. The van der Waals surface area contributed by atoms with Crippen molar-refractivity contribution >= 4 is 5.97 Å². The fourth-order valence-electron chi connectivity index (χ4n) is 2.63. The number of carbonyl (C=O) groups excluding carboxylic acids is 1. The summed E-state index contributed by atoms with van der Waals surface area (Å²) in [6.45, 7) is 6.41. The van der Waals surface area contributed by atoms with Gasteiger partial charge in [0.05, 0.1) is 0 Å². The van der Waals surface area contributed by atoms with Gasteiger partial charge in [-0.3, -0.25) is 4.79 Å². The van der Waals surface area contributed by atoms with Gasteiger partial charge in [-0.2, -0.15) is 0 Å². The lowest BCUT2D eigenvalue weighted by molar-refractivity contribution is -0.149. The fourth-order valence-corrected chi connectivity index (χ4v) is 2.63. The molecule has 0 N–H and O–H groups in total. The Morgan fingerprint density at radius 2 is 1.14 bits per heavy atom. The van der Waals surface area contributed by atoms with E-state index in [9.17, 15) is 4.79 Å². The number of hydrogen-bond acceptors (Lipinski definition) is 2. The van der Waals surface area contributed by atoms with Crippen molar-refractivity contribution in [3.8, 4) is 0 Å². The Hall–Kier alpha value is -0.530. The largest absolute Gasteiger partial charge is 0.462 e. The monoisotopic (exact) mass is 298 g/mol. The second-order valence-corrected chi connectivity index (χ2v) is 6.21. The Morgan fingerprint density at radius 1 is 0.714 bits per heavy atom. The highest BCUT2D eigenvalue weighted by atomic mass is 16.5. The molecule has 0 aromatic rings. The third kappa shape index (κ3) is 14.2. The van der Waals surface area contributed by atoms with E-state index in [1.807, 2.05) is 0 Å². The zero-order valence-electron chi connectivity index (χ0n) is 14.8. The number of rotatable bonds is 15. The van der Waals surface area contributed by atoms with Crippen LogP contribution in [0.15, 0.2) is 0 Å². The van der Waals surface area contributed by atoms with E-state index < -0.39 is 0 Å². The van der Waals surface area contributed by atoms with Crippen LogP contribution in [0, 0.1) is 0 Å². The predicted octanol–water partition coefficient (Wildman–Crippen LogP) is 6.42. The summed E-state index contributed by atoms with van der Waals surface area (Å²) in [6, 6.07) is 0. The van der Waals surface area contributed by atoms with E-state index in [1.54, 1.807) is 0 Å². The molecular weight excluding hydrogens is 260 g/mol. The minimum Gasteiger partial charge on any atom is -0.462 e. The molecule has 2 heteroatoms. The van der Waals surface area contributed by atoms with Crippen LogP contribution in [0.3, 0.4) is 0 Å². The van der Waals surface area contributed by atoms with Gasteiger partial charge >= 0.3 is 5.97 Å². The van der Waals surface area contributed by atoms with Crippen molar-refractivity contribution in [1.29, 1.82) is 0 Å². The second kappa shape index (κ2) is 15.9. The second-order valence-electron chi connectivity index (χ2n) is 6.21. The molecule has 0 spiro atoms. The van der Waals surface area contributed by atoms with Gasteiger partial charge in [0.15, 0.2) is 0 Å². The molecule has 126 valence electrons. The molecule has 0 aromatic carbocycles.